The van der Waals surface area contributed by atoms with Gasteiger partial charge in [-0.2, -0.15) is 5.10 Å². The normalized spacial score (nSPS) is 11.1. The van der Waals surface area contributed by atoms with Gasteiger partial charge in [-0.1, -0.05) is 78.9 Å². The average molecular weight is 436 g/mol. The standard InChI is InChI=1S/C28H25N3O2/c1-2-33-28(32)27-17-25(29-31(27)19-22-13-7-4-8-14-22)24-20-30(18-21-11-5-3-6-12-21)26-16-10-9-15-23(24)26/h3-17,20H,2,18-19H2,1H3. The van der Waals surface area contributed by atoms with Gasteiger partial charge in [0.25, 0.3) is 0 Å². The molecule has 0 saturated heterocycles. The van der Waals surface area contributed by atoms with Crippen LogP contribution in [0, 0.1) is 0 Å². The van der Waals surface area contributed by atoms with Crippen molar-refractivity contribution in [1.82, 2.24) is 14.3 Å². The molecule has 0 bridgehead atoms. The predicted octanol–water partition coefficient (Wildman–Crippen LogP) is 5.78. The van der Waals surface area contributed by atoms with Crippen molar-refractivity contribution in [3.63, 3.8) is 0 Å². The van der Waals surface area contributed by atoms with Gasteiger partial charge < -0.3 is 9.30 Å². The van der Waals surface area contributed by atoms with Gasteiger partial charge in [-0.05, 0) is 30.2 Å². The van der Waals surface area contributed by atoms with Gasteiger partial charge in [0.15, 0.2) is 0 Å². The van der Waals surface area contributed by atoms with E-state index in [0.29, 0.717) is 18.8 Å². The molecule has 164 valence electrons. The summed E-state index contributed by atoms with van der Waals surface area (Å²) in [7, 11) is 0. The first kappa shape index (κ1) is 20.8. The van der Waals surface area contributed by atoms with Crippen molar-refractivity contribution in [2.45, 2.75) is 20.0 Å². The highest BCUT2D eigenvalue weighted by Crippen LogP contribution is 2.31. The molecule has 0 saturated carbocycles. The van der Waals surface area contributed by atoms with Crippen molar-refractivity contribution in [1.29, 1.82) is 0 Å². The molecular weight excluding hydrogens is 410 g/mol. The Hall–Kier alpha value is -4.12. The Balaban J connectivity index is 1.59. The summed E-state index contributed by atoms with van der Waals surface area (Å²) in [6.45, 7) is 3.39. The minimum atomic E-state index is -0.361. The molecule has 0 unspecified atom stereocenters. The highest BCUT2D eigenvalue weighted by atomic mass is 16.5. The predicted molar refractivity (Wildman–Crippen MR) is 130 cm³/mol. The number of benzene rings is 3. The van der Waals surface area contributed by atoms with Crippen molar-refractivity contribution >= 4 is 16.9 Å². The fourth-order valence-electron chi connectivity index (χ4n) is 4.16. The lowest BCUT2D eigenvalue weighted by molar-refractivity contribution is 0.0512. The maximum absolute atomic E-state index is 12.7. The molecular formula is C28H25N3O2. The maximum atomic E-state index is 12.7. The molecule has 0 N–H and O–H groups in total. The molecule has 0 aliphatic heterocycles. The van der Waals surface area contributed by atoms with E-state index in [1.165, 1.54) is 5.56 Å². The average Bonchev–Trinajstić information content (AvgIpc) is 3.42. The minimum Gasteiger partial charge on any atom is -0.461 e. The number of para-hydroxylation sites is 1. The smallest absolute Gasteiger partial charge is 0.356 e. The summed E-state index contributed by atoms with van der Waals surface area (Å²) in [5.74, 6) is -0.361. The van der Waals surface area contributed by atoms with Crippen molar-refractivity contribution in [3.05, 3.63) is 114 Å². The number of ether oxygens (including phenoxy) is 1. The van der Waals surface area contributed by atoms with Gasteiger partial charge >= 0.3 is 5.97 Å². The second-order valence-corrected chi connectivity index (χ2v) is 7.95. The Kier molecular flexibility index (Phi) is 5.77. The molecule has 5 rings (SSSR count). The Morgan fingerprint density at radius 1 is 0.848 bits per heavy atom. The Bertz CT molecular complexity index is 1380. The van der Waals surface area contributed by atoms with E-state index in [0.717, 1.165) is 34.3 Å². The van der Waals surface area contributed by atoms with Crippen LogP contribution in [-0.2, 0) is 17.8 Å². The first-order chi connectivity index (χ1) is 16.2. The first-order valence-electron chi connectivity index (χ1n) is 11.1. The number of esters is 1. The third-order valence-corrected chi connectivity index (χ3v) is 5.70. The number of hydrogen-bond donors (Lipinski definition) is 0. The molecule has 5 nitrogen and oxygen atoms in total. The number of rotatable bonds is 7. The van der Waals surface area contributed by atoms with E-state index in [2.05, 4.69) is 47.2 Å². The second kappa shape index (κ2) is 9.17. The van der Waals surface area contributed by atoms with Gasteiger partial charge in [-0.3, -0.25) is 4.68 Å². The summed E-state index contributed by atoms with van der Waals surface area (Å²) >= 11 is 0. The quantitative estimate of drug-likeness (QED) is 0.305. The molecule has 33 heavy (non-hydrogen) atoms. The maximum Gasteiger partial charge on any atom is 0.356 e. The largest absolute Gasteiger partial charge is 0.461 e. The number of carbonyl (C=O) groups excluding carboxylic acids is 1. The van der Waals surface area contributed by atoms with Crippen LogP contribution in [0.4, 0.5) is 0 Å². The van der Waals surface area contributed by atoms with E-state index >= 15 is 0 Å². The van der Waals surface area contributed by atoms with E-state index in [9.17, 15) is 4.79 Å². The van der Waals surface area contributed by atoms with Crippen molar-refractivity contribution in [3.8, 4) is 11.3 Å². The van der Waals surface area contributed by atoms with Crippen LogP contribution in [0.3, 0.4) is 0 Å². The number of nitrogens with zero attached hydrogens (tertiary/aromatic N) is 3. The SMILES string of the molecule is CCOC(=O)c1cc(-c2cn(Cc3ccccc3)c3ccccc23)nn1Cc1ccccc1. The Morgan fingerprint density at radius 3 is 2.18 bits per heavy atom. The number of hydrogen-bond acceptors (Lipinski definition) is 3. The summed E-state index contributed by atoms with van der Waals surface area (Å²) in [5.41, 5.74) is 5.65. The fourth-order valence-corrected chi connectivity index (χ4v) is 4.16. The van der Waals surface area contributed by atoms with E-state index in [1.54, 1.807) is 4.68 Å². The van der Waals surface area contributed by atoms with Gasteiger partial charge in [-0.25, -0.2) is 4.79 Å². The lowest BCUT2D eigenvalue weighted by Gasteiger charge is -2.06. The molecule has 0 fully saturated rings. The van der Waals surface area contributed by atoms with Crippen LogP contribution in [0.15, 0.2) is 97.2 Å². The number of aromatic nitrogens is 3. The number of carbonyl (C=O) groups is 1. The van der Waals surface area contributed by atoms with Crippen LogP contribution < -0.4 is 0 Å². The summed E-state index contributed by atoms with van der Waals surface area (Å²) in [6, 6.07) is 30.5. The zero-order valence-electron chi connectivity index (χ0n) is 18.5. The second-order valence-electron chi connectivity index (χ2n) is 7.95. The molecule has 0 atom stereocenters. The van der Waals surface area contributed by atoms with Gasteiger partial charge in [0.2, 0.25) is 0 Å². The highest BCUT2D eigenvalue weighted by molar-refractivity contribution is 5.97. The van der Waals surface area contributed by atoms with E-state index in [4.69, 9.17) is 9.84 Å². The summed E-state index contributed by atoms with van der Waals surface area (Å²) in [5, 5.41) is 5.96. The number of fused-ring (bicyclic) bond motifs is 1. The Morgan fingerprint density at radius 2 is 1.48 bits per heavy atom. The molecule has 2 aromatic heterocycles. The molecule has 0 aliphatic rings. The molecule has 3 aromatic carbocycles. The third-order valence-electron chi connectivity index (χ3n) is 5.70. The monoisotopic (exact) mass is 435 g/mol. The van der Waals surface area contributed by atoms with E-state index in [-0.39, 0.29) is 5.97 Å². The van der Waals surface area contributed by atoms with Crippen molar-refractivity contribution in [2.24, 2.45) is 0 Å². The lowest BCUT2D eigenvalue weighted by Crippen LogP contribution is -2.14. The first-order valence-corrected chi connectivity index (χ1v) is 11.1. The minimum absolute atomic E-state index is 0.321. The lowest BCUT2D eigenvalue weighted by atomic mass is 10.1. The van der Waals surface area contributed by atoms with E-state index in [1.807, 2.05) is 61.5 Å². The van der Waals surface area contributed by atoms with Gasteiger partial charge in [-0.15, -0.1) is 0 Å². The summed E-state index contributed by atoms with van der Waals surface area (Å²) < 4.78 is 9.30. The van der Waals surface area contributed by atoms with Crippen molar-refractivity contribution in [2.75, 3.05) is 6.61 Å². The summed E-state index contributed by atoms with van der Waals surface area (Å²) in [6.07, 6.45) is 2.13. The van der Waals surface area contributed by atoms with Gasteiger partial charge in [0.1, 0.15) is 5.69 Å². The summed E-state index contributed by atoms with van der Waals surface area (Å²) in [4.78, 5) is 12.7. The van der Waals surface area contributed by atoms with E-state index < -0.39 is 0 Å². The van der Waals surface area contributed by atoms with Crippen molar-refractivity contribution < 1.29 is 9.53 Å². The van der Waals surface area contributed by atoms with Crippen LogP contribution in [0.25, 0.3) is 22.2 Å². The molecule has 0 amide bonds. The topological polar surface area (TPSA) is 49.1 Å². The van der Waals surface area contributed by atoms with Crippen LogP contribution in [0.5, 0.6) is 0 Å². The fraction of sp³-hybridized carbons (Fsp3) is 0.143. The van der Waals surface area contributed by atoms with Crippen LogP contribution in [0.1, 0.15) is 28.5 Å². The molecule has 0 aliphatic carbocycles. The molecule has 5 heteroatoms. The molecule has 5 aromatic rings. The highest BCUT2D eigenvalue weighted by Gasteiger charge is 2.20. The van der Waals surface area contributed by atoms with Crippen LogP contribution >= 0.6 is 0 Å². The third kappa shape index (κ3) is 4.30. The zero-order chi connectivity index (χ0) is 22.6. The zero-order valence-corrected chi connectivity index (χ0v) is 18.5. The molecule has 2 heterocycles. The van der Waals surface area contributed by atoms with Gasteiger partial charge in [0, 0.05) is 29.2 Å². The Labute approximate surface area is 192 Å². The molecule has 0 radical (unpaired) electrons. The molecule has 0 spiro atoms. The van der Waals surface area contributed by atoms with Crippen LogP contribution in [0.2, 0.25) is 0 Å². The van der Waals surface area contributed by atoms with Gasteiger partial charge in [0.05, 0.1) is 18.8 Å². The van der Waals surface area contributed by atoms with Crippen LogP contribution in [-0.4, -0.2) is 26.9 Å².